The van der Waals surface area contributed by atoms with Gasteiger partial charge in [0, 0.05) is 11.1 Å². The first-order valence-corrected chi connectivity index (χ1v) is 21.3. The smallest absolute Gasteiger partial charge is 0.111 e. The molecule has 0 nitrogen and oxygen atoms in total. The van der Waals surface area contributed by atoms with E-state index in [4.69, 9.17) is 0 Å². The van der Waals surface area contributed by atoms with Crippen molar-refractivity contribution < 1.29 is 0 Å². The van der Waals surface area contributed by atoms with Crippen molar-refractivity contribution in [2.75, 3.05) is 0 Å². The number of aryl methyl sites for hydroxylation is 4. The highest BCUT2D eigenvalue weighted by Crippen LogP contribution is 2.16. The van der Waals surface area contributed by atoms with Gasteiger partial charge in [0.2, 0.25) is 8.07 Å². The van der Waals surface area contributed by atoms with Crippen LogP contribution in [0.1, 0.15) is 33.4 Å². The molecule has 0 fully saturated rings. The van der Waals surface area contributed by atoms with E-state index in [2.05, 4.69) is 127 Å². The van der Waals surface area contributed by atoms with Crippen molar-refractivity contribution in [2.45, 2.75) is 80.1 Å². The second-order valence-corrected chi connectivity index (χ2v) is 25.5. The molecule has 0 aromatic heterocycles. The van der Waals surface area contributed by atoms with Crippen LogP contribution in [-0.4, -0.2) is 24.2 Å². The molecule has 0 heterocycles. The van der Waals surface area contributed by atoms with Gasteiger partial charge in [0.15, 0.2) is 0 Å². The molecule has 0 spiro atoms. The molecule has 2 rings (SSSR count). The van der Waals surface area contributed by atoms with Crippen molar-refractivity contribution in [3.63, 3.8) is 0 Å². The molecule has 0 saturated carbocycles. The van der Waals surface area contributed by atoms with Gasteiger partial charge in [-0.15, -0.1) is 11.1 Å². The lowest BCUT2D eigenvalue weighted by atomic mass is 10.0. The monoisotopic (exact) mass is 460 g/mol. The number of hydrogen-bond acceptors (Lipinski definition) is 0. The molecule has 3 heteroatoms. The molecule has 0 unspecified atom stereocenters. The third-order valence-electron chi connectivity index (χ3n) is 5.80. The molecule has 0 bridgehead atoms. The molecule has 0 aliphatic rings. The Bertz CT molecular complexity index is 980. The largest absolute Gasteiger partial charge is 0.211 e. The average molecular weight is 461 g/mol. The van der Waals surface area contributed by atoms with Crippen molar-refractivity contribution in [3.8, 4) is 22.9 Å². The Morgan fingerprint density at radius 1 is 0.484 bits per heavy atom. The molecule has 0 aliphatic heterocycles. The molecular weight excluding hydrogens is 421 g/mol. The Morgan fingerprint density at radius 2 is 0.742 bits per heavy atom. The van der Waals surface area contributed by atoms with Gasteiger partial charge in [-0.05, 0) is 63.0 Å². The molecule has 0 saturated heterocycles. The number of hydrogen-bond donors (Lipinski definition) is 0. The normalized spacial score (nSPS) is 12.0. The minimum absolute atomic E-state index is 1.19. The molecule has 0 N–H and O–H groups in total. The van der Waals surface area contributed by atoms with Gasteiger partial charge in [-0.3, -0.25) is 0 Å². The lowest BCUT2D eigenvalue weighted by Crippen LogP contribution is -2.38. The minimum Gasteiger partial charge on any atom is -0.111 e. The van der Waals surface area contributed by atoms with E-state index in [-0.39, 0.29) is 0 Å². The summed E-state index contributed by atoms with van der Waals surface area (Å²) in [5.74, 6) is 7.05. The second-order valence-electron chi connectivity index (χ2n) is 11.6. The van der Waals surface area contributed by atoms with Gasteiger partial charge in [0.1, 0.15) is 0 Å². The zero-order valence-corrected chi connectivity index (χ0v) is 24.8. The minimum atomic E-state index is -1.97. The van der Waals surface area contributed by atoms with Gasteiger partial charge in [-0.25, -0.2) is 0 Å². The van der Waals surface area contributed by atoms with E-state index in [9.17, 15) is 0 Å². The van der Waals surface area contributed by atoms with Crippen molar-refractivity contribution in [2.24, 2.45) is 0 Å². The molecule has 2 aromatic carbocycles. The van der Waals surface area contributed by atoms with Crippen LogP contribution < -0.4 is 10.4 Å². The Kier molecular flexibility index (Phi) is 7.38. The van der Waals surface area contributed by atoms with Gasteiger partial charge < -0.3 is 0 Å². The zero-order chi connectivity index (χ0) is 23.8. The molecule has 164 valence electrons. The molecule has 31 heavy (non-hydrogen) atoms. The first kappa shape index (κ1) is 25.5. The fourth-order valence-electron chi connectivity index (χ4n) is 3.66. The zero-order valence-electron chi connectivity index (χ0n) is 21.8. The highest BCUT2D eigenvalue weighted by molar-refractivity contribution is 6.92. The van der Waals surface area contributed by atoms with Crippen LogP contribution in [0.5, 0.6) is 0 Å². The third-order valence-corrected chi connectivity index (χ3v) is 11.3. The Balaban J connectivity index is 2.41. The van der Waals surface area contributed by atoms with E-state index in [1.807, 2.05) is 0 Å². The predicted molar refractivity (Wildman–Crippen MR) is 149 cm³/mol. The van der Waals surface area contributed by atoms with Gasteiger partial charge in [0.25, 0.3) is 0 Å². The maximum absolute atomic E-state index is 3.59. The SMILES string of the molecule is Cc1cc([Si](C)(C)C)cc(C)c1C#C[Si](C)(C)C#Cc1c(C)cc([Si](C)(C)C)cc1C. The third kappa shape index (κ3) is 6.59. The topological polar surface area (TPSA) is 0 Å². The second kappa shape index (κ2) is 8.99. The highest BCUT2D eigenvalue weighted by Gasteiger charge is 2.20. The maximum Gasteiger partial charge on any atom is 0.211 e. The Morgan fingerprint density at radius 3 is 0.968 bits per heavy atom. The molecule has 0 amide bonds. The van der Waals surface area contributed by atoms with Crippen molar-refractivity contribution >= 4 is 34.6 Å². The van der Waals surface area contributed by atoms with Gasteiger partial charge in [-0.1, -0.05) is 85.8 Å². The maximum atomic E-state index is 3.59. The summed E-state index contributed by atoms with van der Waals surface area (Å²) in [6, 6.07) is 9.43. The number of benzene rings is 2. The van der Waals surface area contributed by atoms with Gasteiger partial charge in [0.05, 0.1) is 16.1 Å². The lowest BCUT2D eigenvalue weighted by molar-refractivity contribution is 1.36. The predicted octanol–water partition coefficient (Wildman–Crippen LogP) is 6.20. The van der Waals surface area contributed by atoms with Crippen LogP contribution in [0.4, 0.5) is 0 Å². The standard InChI is InChI=1S/C28H40Si3/c1-21-17-25(29(5,6)7)18-22(2)27(21)13-15-31(11,12)16-14-28-23(3)19-26(20-24(28)4)30(8,9)10/h17-20H,1-12H3. The Labute approximate surface area is 194 Å². The summed E-state index contributed by atoms with van der Waals surface area (Å²) in [7, 11) is -4.60. The van der Waals surface area contributed by atoms with Gasteiger partial charge >= 0.3 is 0 Å². The first-order valence-electron chi connectivity index (χ1n) is 11.3. The fourth-order valence-corrected chi connectivity index (χ4v) is 7.19. The lowest BCUT2D eigenvalue weighted by Gasteiger charge is -2.19. The van der Waals surface area contributed by atoms with E-state index in [0.717, 1.165) is 0 Å². The van der Waals surface area contributed by atoms with Crippen LogP contribution in [-0.2, 0) is 0 Å². The molecule has 0 radical (unpaired) electrons. The van der Waals surface area contributed by atoms with Crippen molar-refractivity contribution in [1.82, 2.24) is 0 Å². The van der Waals surface area contributed by atoms with E-state index in [1.54, 1.807) is 0 Å². The Hall–Kier alpha value is -1.79. The summed E-state index contributed by atoms with van der Waals surface area (Å²) in [4.78, 5) is 0. The van der Waals surface area contributed by atoms with E-state index >= 15 is 0 Å². The summed E-state index contributed by atoms with van der Waals surface area (Å²) >= 11 is 0. The van der Waals surface area contributed by atoms with Crippen molar-refractivity contribution in [3.05, 3.63) is 57.6 Å². The summed E-state index contributed by atoms with van der Waals surface area (Å²) in [6.07, 6.45) is 0. The molecule has 0 aliphatic carbocycles. The number of rotatable bonds is 2. The van der Waals surface area contributed by atoms with Crippen LogP contribution >= 0.6 is 0 Å². The van der Waals surface area contributed by atoms with Gasteiger partial charge in [-0.2, -0.15) is 0 Å². The first-order chi connectivity index (χ1) is 14.0. The summed E-state index contributed by atoms with van der Waals surface area (Å²) in [5, 5.41) is 3.02. The van der Waals surface area contributed by atoms with Crippen LogP contribution in [0.3, 0.4) is 0 Å². The van der Waals surface area contributed by atoms with E-state index in [0.29, 0.717) is 0 Å². The van der Waals surface area contributed by atoms with E-state index < -0.39 is 24.2 Å². The van der Waals surface area contributed by atoms with Crippen molar-refractivity contribution in [1.29, 1.82) is 0 Å². The summed E-state index contributed by atoms with van der Waals surface area (Å²) in [6.45, 7) is 27.7. The highest BCUT2D eigenvalue weighted by atomic mass is 28.3. The van der Waals surface area contributed by atoms with E-state index in [1.165, 1.54) is 43.8 Å². The van der Waals surface area contributed by atoms with Crippen LogP contribution in [0.15, 0.2) is 24.3 Å². The fraction of sp³-hybridized carbons (Fsp3) is 0.429. The quantitative estimate of drug-likeness (QED) is 0.370. The van der Waals surface area contributed by atoms with Crippen LogP contribution in [0.2, 0.25) is 52.4 Å². The molecule has 0 atom stereocenters. The molecular formula is C28H40Si3. The summed E-state index contributed by atoms with van der Waals surface area (Å²) < 4.78 is 0. The molecule has 2 aromatic rings. The van der Waals surface area contributed by atoms with Crippen LogP contribution in [0, 0.1) is 50.6 Å². The van der Waals surface area contributed by atoms with Crippen LogP contribution in [0.25, 0.3) is 0 Å². The average Bonchev–Trinajstić information content (AvgIpc) is 2.58. The summed E-state index contributed by atoms with van der Waals surface area (Å²) in [5.41, 5.74) is 14.8.